The molecule has 27 heavy (non-hydrogen) atoms. The molecule has 0 unspecified atom stereocenters. The van der Waals surface area contributed by atoms with Gasteiger partial charge in [0.05, 0.1) is 12.5 Å². The molecule has 0 amide bonds. The number of carbonyl (C=O) groups excluding carboxylic acids is 1. The number of alkyl halides is 3. The first-order valence-electron chi connectivity index (χ1n) is 7.97. The van der Waals surface area contributed by atoms with Gasteiger partial charge in [0.15, 0.2) is 0 Å². The summed E-state index contributed by atoms with van der Waals surface area (Å²) in [4.78, 5) is 12.2. The number of methoxy groups -OCH3 is 1. The highest BCUT2D eigenvalue weighted by molar-refractivity contribution is 7.87. The summed E-state index contributed by atoms with van der Waals surface area (Å²) in [6, 6.07) is 7.09. The fourth-order valence-electron chi connectivity index (χ4n) is 2.95. The second-order valence-electron chi connectivity index (χ2n) is 6.33. The number of halogens is 3. The minimum atomic E-state index is -5.87. The van der Waals surface area contributed by atoms with Crippen molar-refractivity contribution in [3.05, 3.63) is 58.9 Å². The van der Waals surface area contributed by atoms with Gasteiger partial charge < -0.3 is 8.92 Å². The molecule has 1 aromatic carbocycles. The van der Waals surface area contributed by atoms with E-state index in [-0.39, 0.29) is 18.4 Å². The predicted molar refractivity (Wildman–Crippen MR) is 91.8 cm³/mol. The highest BCUT2D eigenvalue weighted by Gasteiger charge is 2.52. The quantitative estimate of drug-likeness (QED) is 0.424. The summed E-state index contributed by atoms with van der Waals surface area (Å²) in [6.07, 6.45) is 2.82. The Bertz CT molecular complexity index is 900. The van der Waals surface area contributed by atoms with E-state index >= 15 is 0 Å². The van der Waals surface area contributed by atoms with Gasteiger partial charge in [0.25, 0.3) is 0 Å². The van der Waals surface area contributed by atoms with E-state index in [2.05, 4.69) is 4.18 Å². The van der Waals surface area contributed by atoms with Gasteiger partial charge in [-0.15, -0.1) is 0 Å². The van der Waals surface area contributed by atoms with Crippen LogP contribution in [-0.2, 0) is 30.3 Å². The SMILES string of the molecule is COC(=O)C1=CCC=C(OS(=O)(=O)C(F)(F)F)[C@@]1(C)Cc1ccccc1C. The summed E-state index contributed by atoms with van der Waals surface area (Å²) >= 11 is 0. The largest absolute Gasteiger partial charge is 0.534 e. The maximum Gasteiger partial charge on any atom is 0.534 e. The second kappa shape index (κ2) is 7.38. The molecule has 0 bridgehead atoms. The van der Waals surface area contributed by atoms with Crippen molar-refractivity contribution in [3.63, 3.8) is 0 Å². The monoisotopic (exact) mass is 404 g/mol. The Morgan fingerprint density at radius 3 is 2.41 bits per heavy atom. The minimum Gasteiger partial charge on any atom is -0.466 e. The van der Waals surface area contributed by atoms with Crippen LogP contribution in [0.4, 0.5) is 13.2 Å². The van der Waals surface area contributed by atoms with Crippen molar-refractivity contribution in [2.45, 2.75) is 32.2 Å². The summed E-state index contributed by atoms with van der Waals surface area (Å²) < 4.78 is 70.7. The number of hydrogen-bond acceptors (Lipinski definition) is 5. The Labute approximate surface area is 155 Å². The van der Waals surface area contributed by atoms with Gasteiger partial charge in [-0.1, -0.05) is 30.3 Å². The summed E-state index contributed by atoms with van der Waals surface area (Å²) in [7, 11) is -4.73. The van der Waals surface area contributed by atoms with Crippen LogP contribution in [0.1, 0.15) is 24.5 Å². The molecule has 0 saturated carbocycles. The molecule has 0 saturated heterocycles. The topological polar surface area (TPSA) is 69.7 Å². The molecule has 1 aliphatic rings. The van der Waals surface area contributed by atoms with E-state index in [9.17, 15) is 26.4 Å². The molecular formula is C18H19F3O5S. The van der Waals surface area contributed by atoms with E-state index in [1.54, 1.807) is 31.2 Å². The summed E-state index contributed by atoms with van der Waals surface area (Å²) in [5.74, 6) is -1.21. The zero-order valence-electron chi connectivity index (χ0n) is 15.0. The molecule has 148 valence electrons. The van der Waals surface area contributed by atoms with Crippen molar-refractivity contribution < 1.29 is 35.3 Å². The average molecular weight is 404 g/mol. The number of hydrogen-bond donors (Lipinski definition) is 0. The van der Waals surface area contributed by atoms with Crippen molar-refractivity contribution in [3.8, 4) is 0 Å². The molecule has 0 heterocycles. The number of rotatable bonds is 5. The lowest BCUT2D eigenvalue weighted by molar-refractivity contribution is -0.137. The number of benzene rings is 1. The van der Waals surface area contributed by atoms with E-state index < -0.39 is 32.8 Å². The van der Waals surface area contributed by atoms with E-state index in [0.717, 1.165) is 18.2 Å². The maximum absolute atomic E-state index is 12.8. The van der Waals surface area contributed by atoms with Crippen LogP contribution in [0, 0.1) is 12.3 Å². The molecule has 1 atom stereocenters. The first-order chi connectivity index (χ1) is 12.4. The number of esters is 1. The van der Waals surface area contributed by atoms with Gasteiger partial charge in [-0.05, 0) is 43.9 Å². The summed E-state index contributed by atoms with van der Waals surface area (Å²) in [5, 5.41) is 0. The molecule has 0 N–H and O–H groups in total. The minimum absolute atomic E-state index is 0.0382. The molecule has 0 aromatic heterocycles. The van der Waals surface area contributed by atoms with Gasteiger partial charge in [0, 0.05) is 5.57 Å². The third kappa shape index (κ3) is 4.18. The van der Waals surface area contributed by atoms with Crippen LogP contribution in [-0.4, -0.2) is 27.0 Å². The second-order valence-corrected chi connectivity index (χ2v) is 7.87. The van der Waals surface area contributed by atoms with Crippen LogP contribution >= 0.6 is 0 Å². The first kappa shape index (κ1) is 21.0. The van der Waals surface area contributed by atoms with E-state index in [1.165, 1.54) is 19.1 Å². The molecule has 0 radical (unpaired) electrons. The maximum atomic E-state index is 12.8. The van der Waals surface area contributed by atoms with Gasteiger partial charge >= 0.3 is 21.6 Å². The zero-order valence-corrected chi connectivity index (χ0v) is 15.8. The van der Waals surface area contributed by atoms with Crippen LogP contribution < -0.4 is 0 Å². The van der Waals surface area contributed by atoms with Gasteiger partial charge in [0.2, 0.25) is 0 Å². The fourth-order valence-corrected chi connectivity index (χ4v) is 3.53. The van der Waals surface area contributed by atoms with Crippen LogP contribution in [0.5, 0.6) is 0 Å². The normalized spacial score (nSPS) is 20.5. The Hall–Kier alpha value is -2.29. The number of ether oxygens (including phenoxy) is 1. The molecule has 0 aliphatic heterocycles. The van der Waals surface area contributed by atoms with Crippen LogP contribution in [0.3, 0.4) is 0 Å². The molecule has 5 nitrogen and oxygen atoms in total. The van der Waals surface area contributed by atoms with Crippen molar-refractivity contribution in [1.82, 2.24) is 0 Å². The first-order valence-corrected chi connectivity index (χ1v) is 9.38. The highest BCUT2D eigenvalue weighted by atomic mass is 32.2. The zero-order chi connectivity index (χ0) is 20.5. The number of carbonyl (C=O) groups is 1. The van der Waals surface area contributed by atoms with E-state index in [1.807, 2.05) is 0 Å². The number of allylic oxidation sites excluding steroid dienone is 3. The summed E-state index contributed by atoms with van der Waals surface area (Å²) in [5.41, 5.74) is -5.41. The fraction of sp³-hybridized carbons (Fsp3) is 0.389. The van der Waals surface area contributed by atoms with E-state index in [0.29, 0.717) is 0 Å². The third-order valence-electron chi connectivity index (χ3n) is 4.46. The van der Waals surface area contributed by atoms with Crippen molar-refractivity contribution in [1.29, 1.82) is 0 Å². The molecular weight excluding hydrogens is 385 g/mol. The molecule has 9 heteroatoms. The Morgan fingerprint density at radius 2 is 1.85 bits per heavy atom. The average Bonchev–Trinajstić information content (AvgIpc) is 2.57. The predicted octanol–water partition coefficient (Wildman–Crippen LogP) is 3.80. The van der Waals surface area contributed by atoms with Gasteiger partial charge in [-0.2, -0.15) is 21.6 Å². The summed E-state index contributed by atoms with van der Waals surface area (Å²) in [6.45, 7) is 3.26. The Kier molecular flexibility index (Phi) is 5.74. The lowest BCUT2D eigenvalue weighted by Crippen LogP contribution is -2.36. The van der Waals surface area contributed by atoms with Crippen molar-refractivity contribution in [2.75, 3.05) is 7.11 Å². The van der Waals surface area contributed by atoms with Crippen LogP contribution in [0.25, 0.3) is 0 Å². The van der Waals surface area contributed by atoms with Crippen molar-refractivity contribution in [2.24, 2.45) is 5.41 Å². The smallest absolute Gasteiger partial charge is 0.466 e. The van der Waals surface area contributed by atoms with Crippen LogP contribution in [0.15, 0.2) is 47.7 Å². The molecule has 1 aromatic rings. The third-order valence-corrected chi connectivity index (χ3v) is 5.42. The Morgan fingerprint density at radius 1 is 1.22 bits per heavy atom. The van der Waals surface area contributed by atoms with Gasteiger partial charge in [0.1, 0.15) is 5.76 Å². The van der Waals surface area contributed by atoms with Gasteiger partial charge in [-0.25, -0.2) is 4.79 Å². The molecule has 2 rings (SSSR count). The van der Waals surface area contributed by atoms with E-state index in [4.69, 9.17) is 4.74 Å². The molecule has 1 aliphatic carbocycles. The molecule has 0 spiro atoms. The lowest BCUT2D eigenvalue weighted by atomic mass is 9.72. The number of aryl methyl sites for hydroxylation is 1. The van der Waals surface area contributed by atoms with Gasteiger partial charge in [-0.3, -0.25) is 0 Å². The Balaban J connectivity index is 2.53. The van der Waals surface area contributed by atoms with Crippen molar-refractivity contribution >= 4 is 16.1 Å². The van der Waals surface area contributed by atoms with Crippen LogP contribution in [0.2, 0.25) is 0 Å². The highest BCUT2D eigenvalue weighted by Crippen LogP contribution is 2.45. The molecule has 0 fully saturated rings. The lowest BCUT2D eigenvalue weighted by Gasteiger charge is -2.35. The standard InChI is InChI=1S/C18H19F3O5S/c1-12-7-4-5-8-13(12)11-17(2)14(16(22)25-3)9-6-10-15(17)26-27(23,24)18(19,20)21/h4-5,7-10H,6,11H2,1-3H3/t17-/m0/s1.